The number of carbonyl (C=O) groups excluding carboxylic acids is 1. The molecule has 19 heavy (non-hydrogen) atoms. The number of aromatic nitrogens is 1. The van der Waals surface area contributed by atoms with Crippen molar-refractivity contribution in [2.24, 2.45) is 0 Å². The largest absolute Gasteiger partial charge is 0.383 e. The number of thioether (sulfide) groups is 1. The first-order valence-electron chi connectivity index (χ1n) is 6.59. The van der Waals surface area contributed by atoms with E-state index in [0.717, 1.165) is 24.4 Å². The average Bonchev–Trinajstić information content (AvgIpc) is 2.87. The van der Waals surface area contributed by atoms with E-state index in [1.54, 1.807) is 13.3 Å². The molecule has 2 rings (SSSR count). The molecule has 4 nitrogen and oxygen atoms in total. The summed E-state index contributed by atoms with van der Waals surface area (Å²) >= 11 is 1.52. The molecule has 0 N–H and O–H groups in total. The molecule has 1 aromatic rings. The van der Waals surface area contributed by atoms with Crippen molar-refractivity contribution in [3.63, 3.8) is 0 Å². The lowest BCUT2D eigenvalue weighted by Gasteiger charge is -2.26. The summed E-state index contributed by atoms with van der Waals surface area (Å²) in [6.07, 6.45) is 3.87. The van der Waals surface area contributed by atoms with Gasteiger partial charge in [-0.1, -0.05) is 17.8 Å². The monoisotopic (exact) mass is 280 g/mol. The smallest absolute Gasteiger partial charge is 0.236 e. The van der Waals surface area contributed by atoms with Crippen molar-refractivity contribution in [3.05, 3.63) is 24.4 Å². The van der Waals surface area contributed by atoms with Crippen LogP contribution in [-0.4, -0.2) is 47.3 Å². The Hall–Kier alpha value is -1.07. The number of carbonyl (C=O) groups is 1. The van der Waals surface area contributed by atoms with Gasteiger partial charge in [0.05, 0.1) is 22.9 Å². The molecule has 0 aliphatic carbocycles. The molecule has 5 heteroatoms. The minimum atomic E-state index is -0.104. The van der Waals surface area contributed by atoms with E-state index < -0.39 is 0 Å². The van der Waals surface area contributed by atoms with Crippen LogP contribution in [-0.2, 0) is 9.53 Å². The lowest BCUT2D eigenvalue weighted by atomic mass is 10.2. The third-order valence-electron chi connectivity index (χ3n) is 3.30. The third-order valence-corrected chi connectivity index (χ3v) is 4.34. The Bertz CT molecular complexity index is 413. The van der Waals surface area contributed by atoms with Gasteiger partial charge in [-0.3, -0.25) is 4.79 Å². The molecule has 1 aromatic heterocycles. The third kappa shape index (κ3) is 3.70. The quantitative estimate of drug-likeness (QED) is 0.776. The predicted octanol–water partition coefficient (Wildman–Crippen LogP) is 2.20. The summed E-state index contributed by atoms with van der Waals surface area (Å²) in [4.78, 5) is 18.7. The van der Waals surface area contributed by atoms with Crippen LogP contribution in [0.25, 0.3) is 0 Å². The second-order valence-electron chi connectivity index (χ2n) is 4.71. The summed E-state index contributed by atoms with van der Waals surface area (Å²) < 4.78 is 5.19. The zero-order chi connectivity index (χ0) is 13.7. The second-order valence-corrected chi connectivity index (χ2v) is 6.07. The Balaban J connectivity index is 1.95. The normalized spacial score (nSPS) is 20.5. The predicted molar refractivity (Wildman–Crippen MR) is 76.2 cm³/mol. The van der Waals surface area contributed by atoms with Crippen LogP contribution in [0.15, 0.2) is 29.4 Å². The molecule has 1 amide bonds. The first kappa shape index (κ1) is 14.3. The molecule has 0 radical (unpaired) electrons. The van der Waals surface area contributed by atoms with E-state index in [2.05, 4.69) is 4.98 Å². The highest BCUT2D eigenvalue weighted by molar-refractivity contribution is 8.00. The molecule has 1 fully saturated rings. The van der Waals surface area contributed by atoms with Gasteiger partial charge in [-0.25, -0.2) is 4.98 Å². The van der Waals surface area contributed by atoms with Crippen LogP contribution >= 0.6 is 11.8 Å². The van der Waals surface area contributed by atoms with Gasteiger partial charge < -0.3 is 9.64 Å². The van der Waals surface area contributed by atoms with Crippen LogP contribution in [0.3, 0.4) is 0 Å². The summed E-state index contributed by atoms with van der Waals surface area (Å²) in [6.45, 7) is 3.43. The summed E-state index contributed by atoms with van der Waals surface area (Å²) in [6, 6.07) is 6.00. The van der Waals surface area contributed by atoms with Crippen LogP contribution in [0.2, 0.25) is 0 Å². The lowest BCUT2D eigenvalue weighted by molar-refractivity contribution is -0.132. The van der Waals surface area contributed by atoms with Gasteiger partial charge in [-0.2, -0.15) is 0 Å². The number of likely N-dealkylation sites (tertiary alicyclic amines) is 1. The van der Waals surface area contributed by atoms with Gasteiger partial charge in [0.25, 0.3) is 0 Å². The van der Waals surface area contributed by atoms with Crippen molar-refractivity contribution >= 4 is 17.7 Å². The molecule has 1 aliphatic rings. The molecule has 0 spiro atoms. The lowest BCUT2D eigenvalue weighted by Crippen LogP contribution is -2.42. The van der Waals surface area contributed by atoms with E-state index in [1.807, 2.05) is 30.0 Å². The molecule has 104 valence electrons. The Labute approximate surface area is 118 Å². The minimum Gasteiger partial charge on any atom is -0.383 e. The number of hydrogen-bond donors (Lipinski definition) is 0. The van der Waals surface area contributed by atoms with E-state index in [9.17, 15) is 4.79 Å². The van der Waals surface area contributed by atoms with Crippen molar-refractivity contribution < 1.29 is 9.53 Å². The number of methoxy groups -OCH3 is 1. The maximum atomic E-state index is 12.5. The van der Waals surface area contributed by atoms with Gasteiger partial charge in [0.2, 0.25) is 5.91 Å². The number of nitrogens with zero attached hydrogens (tertiary/aromatic N) is 2. The molecule has 0 bridgehead atoms. The van der Waals surface area contributed by atoms with E-state index >= 15 is 0 Å². The van der Waals surface area contributed by atoms with Crippen molar-refractivity contribution in [1.82, 2.24) is 9.88 Å². The number of amides is 1. The van der Waals surface area contributed by atoms with Gasteiger partial charge >= 0.3 is 0 Å². The minimum absolute atomic E-state index is 0.104. The van der Waals surface area contributed by atoms with Gasteiger partial charge in [0.1, 0.15) is 0 Å². The van der Waals surface area contributed by atoms with Crippen molar-refractivity contribution in [1.29, 1.82) is 0 Å². The fourth-order valence-corrected chi connectivity index (χ4v) is 3.25. The summed E-state index contributed by atoms with van der Waals surface area (Å²) in [5.41, 5.74) is 0. The highest BCUT2D eigenvalue weighted by Gasteiger charge is 2.31. The Morgan fingerprint density at radius 1 is 1.63 bits per heavy atom. The summed E-state index contributed by atoms with van der Waals surface area (Å²) in [5, 5.41) is 0.790. The van der Waals surface area contributed by atoms with Crippen molar-refractivity contribution in [3.8, 4) is 0 Å². The fraction of sp³-hybridized carbons (Fsp3) is 0.571. The number of hydrogen-bond acceptors (Lipinski definition) is 4. The van der Waals surface area contributed by atoms with Crippen LogP contribution in [0.1, 0.15) is 19.8 Å². The Morgan fingerprint density at radius 2 is 2.47 bits per heavy atom. The highest BCUT2D eigenvalue weighted by atomic mass is 32.2. The molecule has 0 saturated carbocycles. The maximum Gasteiger partial charge on any atom is 0.236 e. The zero-order valence-electron chi connectivity index (χ0n) is 11.4. The highest BCUT2D eigenvalue weighted by Crippen LogP contribution is 2.26. The summed E-state index contributed by atoms with van der Waals surface area (Å²) in [5.74, 6) is 0.190. The van der Waals surface area contributed by atoms with E-state index in [-0.39, 0.29) is 17.2 Å². The molecule has 1 saturated heterocycles. The average molecular weight is 280 g/mol. The molecule has 0 aromatic carbocycles. The molecule has 2 unspecified atom stereocenters. The first-order chi connectivity index (χ1) is 9.22. The van der Waals surface area contributed by atoms with E-state index in [4.69, 9.17) is 4.74 Å². The zero-order valence-corrected chi connectivity index (χ0v) is 12.2. The van der Waals surface area contributed by atoms with Gasteiger partial charge in [0, 0.05) is 19.9 Å². The molecular weight excluding hydrogens is 260 g/mol. The van der Waals surface area contributed by atoms with E-state index in [0.29, 0.717) is 6.61 Å². The van der Waals surface area contributed by atoms with Crippen LogP contribution in [0, 0.1) is 0 Å². The fourth-order valence-electron chi connectivity index (χ4n) is 2.37. The topological polar surface area (TPSA) is 42.4 Å². The number of rotatable bonds is 5. The van der Waals surface area contributed by atoms with Gasteiger partial charge in [-0.15, -0.1) is 0 Å². The number of pyridine rings is 1. The van der Waals surface area contributed by atoms with Crippen molar-refractivity contribution in [2.75, 3.05) is 20.3 Å². The van der Waals surface area contributed by atoms with Crippen LogP contribution in [0.5, 0.6) is 0 Å². The summed E-state index contributed by atoms with van der Waals surface area (Å²) in [7, 11) is 1.69. The second kappa shape index (κ2) is 6.91. The number of ether oxygens (including phenoxy) is 1. The first-order valence-corrected chi connectivity index (χ1v) is 7.47. The molecule has 1 aliphatic heterocycles. The standard InChI is InChI=1S/C14H20N2O2S/c1-11(19-13-7-3-4-8-15-13)14(17)16-9-5-6-12(16)10-18-2/h3-4,7-8,11-12H,5-6,9-10H2,1-2H3. The van der Waals surface area contributed by atoms with Crippen LogP contribution in [0.4, 0.5) is 0 Å². The SMILES string of the molecule is COCC1CCCN1C(=O)C(C)Sc1ccccn1. The van der Waals surface area contributed by atoms with Crippen LogP contribution < -0.4 is 0 Å². The molecule has 2 atom stereocenters. The molecular formula is C14H20N2O2S. The molecule has 2 heterocycles. The van der Waals surface area contributed by atoms with Gasteiger partial charge in [0.15, 0.2) is 0 Å². The van der Waals surface area contributed by atoms with Crippen molar-refractivity contribution in [2.45, 2.75) is 36.1 Å². The van der Waals surface area contributed by atoms with E-state index in [1.165, 1.54) is 11.8 Å². The Morgan fingerprint density at radius 3 is 3.16 bits per heavy atom. The Kier molecular flexibility index (Phi) is 5.22. The maximum absolute atomic E-state index is 12.5. The van der Waals surface area contributed by atoms with Gasteiger partial charge in [-0.05, 0) is 31.9 Å².